The van der Waals surface area contributed by atoms with Gasteiger partial charge in [-0.1, -0.05) is 0 Å². The number of hydrogen-bond donors (Lipinski definition) is 1. The predicted octanol–water partition coefficient (Wildman–Crippen LogP) is 2.31. The third-order valence-electron chi connectivity index (χ3n) is 2.23. The van der Waals surface area contributed by atoms with Crippen molar-refractivity contribution in [2.24, 2.45) is 0 Å². The predicted molar refractivity (Wildman–Crippen MR) is 61.7 cm³/mol. The lowest BCUT2D eigenvalue weighted by Crippen LogP contribution is -2.27. The summed E-state index contributed by atoms with van der Waals surface area (Å²) < 4.78 is 1.24. The zero-order valence-corrected chi connectivity index (χ0v) is 9.83. The molecule has 1 N–H and O–H groups in total. The van der Waals surface area contributed by atoms with E-state index in [0.717, 1.165) is 19.6 Å². The second-order valence-electron chi connectivity index (χ2n) is 3.16. The Hall–Kier alpha value is -0.0600. The van der Waals surface area contributed by atoms with Crippen molar-refractivity contribution in [3.63, 3.8) is 0 Å². The van der Waals surface area contributed by atoms with Gasteiger partial charge in [-0.3, -0.25) is 0 Å². The summed E-state index contributed by atoms with van der Waals surface area (Å²) in [6.45, 7) is 4.55. The van der Waals surface area contributed by atoms with Crippen LogP contribution in [0.3, 0.4) is 0 Å². The van der Waals surface area contributed by atoms with Gasteiger partial charge < -0.3 is 10.2 Å². The highest BCUT2D eigenvalue weighted by Crippen LogP contribution is 2.32. The maximum Gasteiger partial charge on any atom is 0.105 e. The van der Waals surface area contributed by atoms with Gasteiger partial charge in [0.25, 0.3) is 0 Å². The summed E-state index contributed by atoms with van der Waals surface area (Å²) in [7, 11) is 0. The van der Waals surface area contributed by atoms with E-state index in [1.54, 1.807) is 0 Å². The van der Waals surface area contributed by atoms with E-state index in [2.05, 4.69) is 37.6 Å². The fraction of sp³-hybridized carbons (Fsp3) is 0.556. The van der Waals surface area contributed by atoms with E-state index in [1.165, 1.54) is 22.4 Å². The van der Waals surface area contributed by atoms with Crippen LogP contribution in [0.1, 0.15) is 6.42 Å². The Morgan fingerprint density at radius 3 is 3.08 bits per heavy atom. The van der Waals surface area contributed by atoms with E-state index < -0.39 is 0 Å². The molecular weight excluding hydrogens is 248 g/mol. The SMILES string of the molecule is Brc1ccsc1N1CCCNCC1. The topological polar surface area (TPSA) is 15.3 Å². The average molecular weight is 261 g/mol. The second-order valence-corrected chi connectivity index (χ2v) is 4.91. The van der Waals surface area contributed by atoms with Crippen LogP contribution in [0.15, 0.2) is 15.9 Å². The summed E-state index contributed by atoms with van der Waals surface area (Å²) in [6, 6.07) is 2.12. The maximum atomic E-state index is 3.58. The molecule has 0 amide bonds. The molecule has 1 saturated heterocycles. The summed E-state index contributed by atoms with van der Waals surface area (Å²) >= 11 is 5.39. The molecule has 0 radical (unpaired) electrons. The molecule has 0 bridgehead atoms. The number of thiophene rings is 1. The van der Waals surface area contributed by atoms with E-state index >= 15 is 0 Å². The Balaban J connectivity index is 2.10. The van der Waals surface area contributed by atoms with Crippen molar-refractivity contribution in [2.45, 2.75) is 6.42 Å². The highest BCUT2D eigenvalue weighted by molar-refractivity contribution is 9.10. The van der Waals surface area contributed by atoms with Gasteiger partial charge in [-0.25, -0.2) is 0 Å². The highest BCUT2D eigenvalue weighted by Gasteiger charge is 2.12. The molecule has 1 fully saturated rings. The Morgan fingerprint density at radius 2 is 2.31 bits per heavy atom. The van der Waals surface area contributed by atoms with Crippen molar-refractivity contribution in [3.8, 4) is 0 Å². The number of hydrogen-bond acceptors (Lipinski definition) is 3. The van der Waals surface area contributed by atoms with E-state index in [4.69, 9.17) is 0 Å². The number of nitrogens with zero attached hydrogens (tertiary/aromatic N) is 1. The van der Waals surface area contributed by atoms with Crippen molar-refractivity contribution < 1.29 is 0 Å². The standard InChI is InChI=1S/C9H13BrN2S/c10-8-2-7-13-9(8)12-5-1-3-11-4-6-12/h2,7,11H,1,3-6H2. The summed E-state index contributed by atoms with van der Waals surface area (Å²) in [5, 5.41) is 6.92. The molecule has 1 aliphatic heterocycles. The Bertz CT molecular complexity index is 266. The Morgan fingerprint density at radius 1 is 1.38 bits per heavy atom. The van der Waals surface area contributed by atoms with E-state index in [9.17, 15) is 0 Å². The number of halogens is 1. The van der Waals surface area contributed by atoms with Crippen LogP contribution >= 0.6 is 27.3 Å². The van der Waals surface area contributed by atoms with Gasteiger partial charge in [0.05, 0.1) is 4.47 Å². The fourth-order valence-electron chi connectivity index (χ4n) is 1.56. The quantitative estimate of drug-likeness (QED) is 0.834. The van der Waals surface area contributed by atoms with Crippen LogP contribution in [-0.2, 0) is 0 Å². The first kappa shape index (κ1) is 9.49. The molecule has 13 heavy (non-hydrogen) atoms. The minimum atomic E-state index is 1.10. The third-order valence-corrected chi connectivity index (χ3v) is 4.10. The summed E-state index contributed by atoms with van der Waals surface area (Å²) in [5.41, 5.74) is 0. The van der Waals surface area contributed by atoms with Crippen molar-refractivity contribution >= 4 is 32.3 Å². The molecule has 1 aromatic rings. The van der Waals surface area contributed by atoms with Crippen molar-refractivity contribution in [1.82, 2.24) is 5.32 Å². The molecule has 0 saturated carbocycles. The van der Waals surface area contributed by atoms with E-state index in [0.29, 0.717) is 0 Å². The van der Waals surface area contributed by atoms with Gasteiger partial charge in [-0.05, 0) is 40.3 Å². The largest absolute Gasteiger partial charge is 0.361 e. The van der Waals surface area contributed by atoms with Crippen LogP contribution < -0.4 is 10.2 Å². The first-order valence-electron chi connectivity index (χ1n) is 4.56. The van der Waals surface area contributed by atoms with Crippen LogP contribution in [0.2, 0.25) is 0 Å². The van der Waals surface area contributed by atoms with Gasteiger partial charge in [-0.2, -0.15) is 0 Å². The summed E-state index contributed by atoms with van der Waals surface area (Å²) in [5.74, 6) is 0. The van der Waals surface area contributed by atoms with Gasteiger partial charge in [0.15, 0.2) is 0 Å². The van der Waals surface area contributed by atoms with Gasteiger partial charge in [-0.15, -0.1) is 11.3 Å². The fourth-order valence-corrected chi connectivity index (χ4v) is 3.24. The molecule has 0 aromatic carbocycles. The van der Waals surface area contributed by atoms with Crippen LogP contribution in [0, 0.1) is 0 Å². The second kappa shape index (κ2) is 4.44. The molecule has 72 valence electrons. The Kier molecular flexibility index (Phi) is 3.24. The molecule has 0 atom stereocenters. The molecule has 0 unspecified atom stereocenters. The van der Waals surface area contributed by atoms with Gasteiger partial charge in [0.2, 0.25) is 0 Å². The zero-order valence-electron chi connectivity index (χ0n) is 7.42. The van der Waals surface area contributed by atoms with Gasteiger partial charge in [0.1, 0.15) is 5.00 Å². The van der Waals surface area contributed by atoms with Crippen LogP contribution in [-0.4, -0.2) is 26.2 Å². The van der Waals surface area contributed by atoms with Crippen LogP contribution in [0.5, 0.6) is 0 Å². The zero-order chi connectivity index (χ0) is 9.10. The van der Waals surface area contributed by atoms with Crippen molar-refractivity contribution in [3.05, 3.63) is 15.9 Å². The monoisotopic (exact) mass is 260 g/mol. The maximum absolute atomic E-state index is 3.58. The Labute approximate surface area is 91.1 Å². The third kappa shape index (κ3) is 2.24. The normalized spacial score (nSPS) is 18.7. The number of rotatable bonds is 1. The van der Waals surface area contributed by atoms with Gasteiger partial charge >= 0.3 is 0 Å². The van der Waals surface area contributed by atoms with Crippen molar-refractivity contribution in [1.29, 1.82) is 0 Å². The number of nitrogens with one attached hydrogen (secondary N) is 1. The van der Waals surface area contributed by atoms with Crippen molar-refractivity contribution in [2.75, 3.05) is 31.1 Å². The molecule has 2 heterocycles. The highest BCUT2D eigenvalue weighted by atomic mass is 79.9. The summed E-state index contributed by atoms with van der Waals surface area (Å²) in [6.07, 6.45) is 1.24. The average Bonchev–Trinajstić information content (AvgIpc) is 2.43. The first-order valence-corrected chi connectivity index (χ1v) is 6.24. The lowest BCUT2D eigenvalue weighted by molar-refractivity contribution is 0.724. The molecule has 2 rings (SSSR count). The lowest BCUT2D eigenvalue weighted by Gasteiger charge is -2.20. The van der Waals surface area contributed by atoms with E-state index in [1.807, 2.05) is 11.3 Å². The number of anilines is 1. The lowest BCUT2D eigenvalue weighted by atomic mass is 10.4. The molecular formula is C9H13BrN2S. The molecule has 1 aliphatic rings. The molecule has 0 aliphatic carbocycles. The summed E-state index contributed by atoms with van der Waals surface area (Å²) in [4.78, 5) is 2.45. The molecule has 1 aromatic heterocycles. The minimum absolute atomic E-state index is 1.10. The molecule has 2 nitrogen and oxygen atoms in total. The van der Waals surface area contributed by atoms with E-state index in [-0.39, 0.29) is 0 Å². The molecule has 4 heteroatoms. The van der Waals surface area contributed by atoms with Crippen LogP contribution in [0.25, 0.3) is 0 Å². The molecule has 0 spiro atoms. The smallest absolute Gasteiger partial charge is 0.105 e. The van der Waals surface area contributed by atoms with Gasteiger partial charge in [0, 0.05) is 19.6 Å². The minimum Gasteiger partial charge on any atom is -0.361 e. The van der Waals surface area contributed by atoms with Crippen LogP contribution in [0.4, 0.5) is 5.00 Å². The first-order chi connectivity index (χ1) is 6.38.